The predicted molar refractivity (Wildman–Crippen MR) is 94.2 cm³/mol. The molecule has 0 N–H and O–H groups in total. The summed E-state index contributed by atoms with van der Waals surface area (Å²) in [6.45, 7) is 14.7. The zero-order valence-electron chi connectivity index (χ0n) is 15.6. The molecule has 3 rings (SSSR count). The minimum atomic E-state index is -0.206. The lowest BCUT2D eigenvalue weighted by atomic mass is 9.64. The second-order valence-electron chi connectivity index (χ2n) is 9.33. The van der Waals surface area contributed by atoms with Crippen molar-refractivity contribution in [2.24, 2.45) is 10.8 Å². The van der Waals surface area contributed by atoms with Gasteiger partial charge >= 0.3 is 7.12 Å². The van der Waals surface area contributed by atoms with E-state index in [-0.39, 0.29) is 29.7 Å². The van der Waals surface area contributed by atoms with Gasteiger partial charge in [-0.2, -0.15) is 0 Å². The largest absolute Gasteiger partial charge is 0.493 e. The van der Waals surface area contributed by atoms with E-state index >= 15 is 0 Å². The van der Waals surface area contributed by atoms with Crippen molar-refractivity contribution in [3.63, 3.8) is 0 Å². The Morgan fingerprint density at radius 2 is 1.83 bits per heavy atom. The van der Waals surface area contributed by atoms with Crippen LogP contribution in [-0.2, 0) is 14.0 Å². The molecular formula is C19H31BO3. The molecule has 2 aliphatic carbocycles. The zero-order valence-corrected chi connectivity index (χ0v) is 15.6. The normalized spacial score (nSPS) is 34.0. The number of hydrogen-bond donors (Lipinski definition) is 0. The van der Waals surface area contributed by atoms with Crippen molar-refractivity contribution < 1.29 is 14.0 Å². The maximum atomic E-state index is 6.39. The summed E-state index contributed by atoms with van der Waals surface area (Å²) in [5.41, 5.74) is 2.81. The number of fused-ring (bicyclic) bond motifs is 1. The fourth-order valence-electron chi connectivity index (χ4n) is 4.04. The lowest BCUT2D eigenvalue weighted by Gasteiger charge is -2.40. The van der Waals surface area contributed by atoms with Gasteiger partial charge in [0.15, 0.2) is 0 Å². The molecule has 0 unspecified atom stereocenters. The van der Waals surface area contributed by atoms with E-state index in [0.717, 1.165) is 32.5 Å². The molecule has 1 saturated carbocycles. The molecule has 2 fully saturated rings. The van der Waals surface area contributed by atoms with Gasteiger partial charge in [-0.25, -0.2) is 0 Å². The van der Waals surface area contributed by atoms with Gasteiger partial charge in [0, 0.05) is 24.0 Å². The molecule has 0 spiro atoms. The van der Waals surface area contributed by atoms with Gasteiger partial charge in [-0.3, -0.25) is 0 Å². The van der Waals surface area contributed by atoms with Crippen molar-refractivity contribution in [3.05, 3.63) is 23.2 Å². The summed E-state index contributed by atoms with van der Waals surface area (Å²) in [6.07, 6.45) is 7.99. The molecule has 0 aromatic heterocycles. The van der Waals surface area contributed by atoms with E-state index in [1.165, 1.54) is 11.0 Å². The summed E-state index contributed by atoms with van der Waals surface area (Å²) in [5.74, 6) is 0. The van der Waals surface area contributed by atoms with Gasteiger partial charge in [0.05, 0.1) is 11.7 Å². The van der Waals surface area contributed by atoms with Crippen LogP contribution in [0.1, 0.15) is 60.8 Å². The quantitative estimate of drug-likeness (QED) is 0.709. The van der Waals surface area contributed by atoms with Crippen LogP contribution in [0.5, 0.6) is 0 Å². The van der Waals surface area contributed by atoms with Gasteiger partial charge in [0.2, 0.25) is 0 Å². The summed E-state index contributed by atoms with van der Waals surface area (Å²) in [6, 6.07) is 0. The molecule has 3 nitrogen and oxygen atoms in total. The fraction of sp³-hybridized carbons (Fsp3) is 0.789. The second-order valence-corrected chi connectivity index (χ2v) is 9.33. The number of allylic oxidation sites excluding steroid dienone is 3. The zero-order chi connectivity index (χ0) is 16.9. The number of rotatable bonds is 2. The smallest absolute Gasteiger partial charge is 0.407 e. The first-order valence-corrected chi connectivity index (χ1v) is 8.92. The maximum Gasteiger partial charge on any atom is 0.493 e. The molecule has 2 atom stereocenters. The molecule has 3 aliphatic rings. The van der Waals surface area contributed by atoms with Crippen molar-refractivity contribution >= 4 is 7.12 Å². The van der Waals surface area contributed by atoms with E-state index in [9.17, 15) is 0 Å². The van der Waals surface area contributed by atoms with Crippen molar-refractivity contribution in [2.75, 3.05) is 13.2 Å². The Labute approximate surface area is 141 Å². The van der Waals surface area contributed by atoms with Crippen LogP contribution in [0, 0.1) is 10.8 Å². The average Bonchev–Trinajstić information content (AvgIpc) is 2.74. The molecule has 0 amide bonds. The van der Waals surface area contributed by atoms with E-state index in [1.807, 2.05) is 0 Å². The molecule has 4 heteroatoms. The fourth-order valence-corrected chi connectivity index (χ4v) is 4.04. The van der Waals surface area contributed by atoms with Gasteiger partial charge in [-0.1, -0.05) is 38.5 Å². The molecule has 0 radical (unpaired) electrons. The molecule has 128 valence electrons. The van der Waals surface area contributed by atoms with Crippen molar-refractivity contribution in [3.8, 4) is 0 Å². The molecule has 0 bridgehead atoms. The lowest BCUT2D eigenvalue weighted by molar-refractivity contribution is -0.0940. The summed E-state index contributed by atoms with van der Waals surface area (Å²) in [5, 5.41) is 0. The third-order valence-electron chi connectivity index (χ3n) is 5.24. The SMILES string of the molecule is CC1(C)COB(C2=C3CC[C@H](OC(C)(C)C)[C@@]3(C)CC=C2)OC1. The van der Waals surface area contributed by atoms with Gasteiger partial charge in [-0.05, 0) is 45.5 Å². The van der Waals surface area contributed by atoms with E-state index in [4.69, 9.17) is 14.0 Å². The average molecular weight is 318 g/mol. The molecule has 1 heterocycles. The highest BCUT2D eigenvalue weighted by atomic mass is 16.6. The first kappa shape index (κ1) is 17.3. The Bertz CT molecular complexity index is 519. The summed E-state index contributed by atoms with van der Waals surface area (Å²) in [4.78, 5) is 0. The first-order valence-electron chi connectivity index (χ1n) is 8.92. The predicted octanol–water partition coefficient (Wildman–Crippen LogP) is 4.33. The topological polar surface area (TPSA) is 27.7 Å². The molecule has 0 aromatic carbocycles. The van der Waals surface area contributed by atoms with Gasteiger partial charge in [0.1, 0.15) is 0 Å². The summed E-state index contributed by atoms with van der Waals surface area (Å²) in [7, 11) is -0.206. The molecule has 0 aromatic rings. The third kappa shape index (κ3) is 3.45. The van der Waals surface area contributed by atoms with E-state index in [0.29, 0.717) is 0 Å². The van der Waals surface area contributed by atoms with E-state index < -0.39 is 0 Å². The Morgan fingerprint density at radius 3 is 2.43 bits per heavy atom. The highest BCUT2D eigenvalue weighted by Gasteiger charge is 2.49. The Morgan fingerprint density at radius 1 is 1.17 bits per heavy atom. The van der Waals surface area contributed by atoms with Crippen LogP contribution < -0.4 is 0 Å². The van der Waals surface area contributed by atoms with Crippen molar-refractivity contribution in [1.82, 2.24) is 0 Å². The van der Waals surface area contributed by atoms with Crippen LogP contribution >= 0.6 is 0 Å². The Kier molecular flexibility index (Phi) is 4.31. The molecule has 23 heavy (non-hydrogen) atoms. The minimum absolute atomic E-state index is 0.0804. The Balaban J connectivity index is 1.83. The monoisotopic (exact) mass is 318 g/mol. The maximum absolute atomic E-state index is 6.39. The highest BCUT2D eigenvalue weighted by molar-refractivity contribution is 6.55. The molecular weight excluding hydrogens is 287 g/mol. The van der Waals surface area contributed by atoms with Crippen molar-refractivity contribution in [1.29, 1.82) is 0 Å². The van der Waals surface area contributed by atoms with Crippen LogP contribution in [0.4, 0.5) is 0 Å². The number of hydrogen-bond acceptors (Lipinski definition) is 3. The molecule has 1 aliphatic heterocycles. The van der Waals surface area contributed by atoms with Crippen LogP contribution in [0.2, 0.25) is 0 Å². The summed E-state index contributed by atoms with van der Waals surface area (Å²) < 4.78 is 18.5. The van der Waals surface area contributed by atoms with Gasteiger partial charge in [-0.15, -0.1) is 0 Å². The first-order chi connectivity index (χ1) is 10.6. The van der Waals surface area contributed by atoms with Crippen LogP contribution in [0.15, 0.2) is 23.2 Å². The Hall–Kier alpha value is -0.575. The summed E-state index contributed by atoms with van der Waals surface area (Å²) >= 11 is 0. The second kappa shape index (κ2) is 5.75. The van der Waals surface area contributed by atoms with Crippen molar-refractivity contribution in [2.45, 2.75) is 72.5 Å². The van der Waals surface area contributed by atoms with Crippen LogP contribution in [0.25, 0.3) is 0 Å². The van der Waals surface area contributed by atoms with E-state index in [2.05, 4.69) is 53.7 Å². The van der Waals surface area contributed by atoms with Gasteiger partial charge in [0.25, 0.3) is 0 Å². The van der Waals surface area contributed by atoms with E-state index in [1.54, 1.807) is 0 Å². The highest BCUT2D eigenvalue weighted by Crippen LogP contribution is 2.52. The third-order valence-corrected chi connectivity index (χ3v) is 5.24. The minimum Gasteiger partial charge on any atom is -0.407 e. The van der Waals surface area contributed by atoms with Crippen LogP contribution in [-0.4, -0.2) is 32.0 Å². The standard InChI is InChI=1S/C19H31BO3/c1-17(2,3)23-16-10-9-14-15(8-7-11-19(14,16)6)20-21-12-18(4,5)13-22-20/h7-8,16H,9-13H2,1-6H3/t16-,19-/m0/s1. The molecule has 1 saturated heterocycles. The van der Waals surface area contributed by atoms with Crippen LogP contribution in [0.3, 0.4) is 0 Å². The number of ether oxygens (including phenoxy) is 1. The lowest BCUT2D eigenvalue weighted by Crippen LogP contribution is -2.44. The van der Waals surface area contributed by atoms with Gasteiger partial charge < -0.3 is 14.0 Å².